The summed E-state index contributed by atoms with van der Waals surface area (Å²) >= 11 is 0. The number of fused-ring (bicyclic) bond motifs is 1. The first-order valence-electron chi connectivity index (χ1n) is 9.27. The third-order valence-electron chi connectivity index (χ3n) is 5.65. The molecule has 2 fully saturated rings. The number of aromatic carboxylic acids is 1. The number of carbonyl (C=O) groups is 1. The number of halogens is 1. The van der Waals surface area contributed by atoms with Crippen LogP contribution in [-0.4, -0.2) is 35.3 Å². The zero-order valence-corrected chi connectivity index (χ0v) is 14.9. The summed E-state index contributed by atoms with van der Waals surface area (Å²) in [7, 11) is 0. The van der Waals surface area contributed by atoms with Crippen LogP contribution in [0.15, 0.2) is 17.1 Å². The lowest BCUT2D eigenvalue weighted by Crippen LogP contribution is -2.24. The third kappa shape index (κ3) is 2.93. The van der Waals surface area contributed by atoms with Crippen molar-refractivity contribution in [3.05, 3.63) is 33.9 Å². The number of rotatable bonds is 5. The molecule has 27 heavy (non-hydrogen) atoms. The van der Waals surface area contributed by atoms with Crippen LogP contribution in [0.25, 0.3) is 10.9 Å². The molecule has 1 aromatic carbocycles. The number of anilines is 2. The summed E-state index contributed by atoms with van der Waals surface area (Å²) in [5, 5.41) is 9.31. The summed E-state index contributed by atoms with van der Waals surface area (Å²) in [6, 6.07) is 1.77. The minimum atomic E-state index is -1.33. The van der Waals surface area contributed by atoms with Gasteiger partial charge in [-0.2, -0.15) is 0 Å². The van der Waals surface area contributed by atoms with Crippen molar-refractivity contribution in [1.29, 1.82) is 0 Å². The Morgan fingerprint density at radius 3 is 2.70 bits per heavy atom. The Kier molecular flexibility index (Phi) is 4.30. The van der Waals surface area contributed by atoms with Crippen molar-refractivity contribution in [3.63, 3.8) is 0 Å². The second-order valence-electron chi connectivity index (χ2n) is 7.51. The number of pyridine rings is 1. The molecule has 2 aliphatic rings. The van der Waals surface area contributed by atoms with E-state index in [4.69, 9.17) is 11.5 Å². The molecule has 0 unspecified atom stereocenters. The SMILES string of the molecule is NCC[C@@H]1CCN(c2cc3c(c(N)c2F)c(=O)c(C(=O)O)cn3C2CC2)C1. The highest BCUT2D eigenvalue weighted by Gasteiger charge is 2.31. The Labute approximate surface area is 155 Å². The number of nitrogens with two attached hydrogens (primary N) is 2. The molecule has 1 saturated heterocycles. The molecular weight excluding hydrogens is 351 g/mol. The normalized spacial score (nSPS) is 19.8. The van der Waals surface area contributed by atoms with Crippen LogP contribution in [0.3, 0.4) is 0 Å². The average molecular weight is 374 g/mol. The highest BCUT2D eigenvalue weighted by atomic mass is 19.1. The van der Waals surface area contributed by atoms with E-state index in [9.17, 15) is 14.7 Å². The van der Waals surface area contributed by atoms with E-state index in [-0.39, 0.29) is 22.7 Å². The van der Waals surface area contributed by atoms with E-state index in [2.05, 4.69) is 0 Å². The summed E-state index contributed by atoms with van der Waals surface area (Å²) in [4.78, 5) is 26.0. The second-order valence-corrected chi connectivity index (χ2v) is 7.51. The van der Waals surface area contributed by atoms with Crippen LogP contribution in [0.4, 0.5) is 15.8 Å². The van der Waals surface area contributed by atoms with Crippen molar-refractivity contribution >= 4 is 28.2 Å². The zero-order valence-electron chi connectivity index (χ0n) is 14.9. The minimum absolute atomic E-state index is 0.0410. The van der Waals surface area contributed by atoms with E-state index in [0.29, 0.717) is 36.8 Å². The van der Waals surface area contributed by atoms with E-state index in [1.54, 1.807) is 10.6 Å². The summed E-state index contributed by atoms with van der Waals surface area (Å²) in [6.45, 7) is 1.99. The van der Waals surface area contributed by atoms with Gasteiger partial charge in [0.05, 0.1) is 22.3 Å². The molecule has 1 aliphatic heterocycles. The number of hydrogen-bond donors (Lipinski definition) is 3. The molecule has 0 spiro atoms. The molecule has 8 heteroatoms. The van der Waals surface area contributed by atoms with Gasteiger partial charge in [0.15, 0.2) is 5.82 Å². The van der Waals surface area contributed by atoms with Gasteiger partial charge in [-0.1, -0.05) is 0 Å². The molecule has 1 atom stereocenters. The quantitative estimate of drug-likeness (QED) is 0.689. The van der Waals surface area contributed by atoms with Gasteiger partial charge >= 0.3 is 5.97 Å². The minimum Gasteiger partial charge on any atom is -0.477 e. The summed E-state index contributed by atoms with van der Waals surface area (Å²) in [5.41, 5.74) is 11.1. The lowest BCUT2D eigenvalue weighted by Gasteiger charge is -2.22. The van der Waals surface area contributed by atoms with Crippen LogP contribution in [0.1, 0.15) is 42.1 Å². The van der Waals surface area contributed by atoms with Gasteiger partial charge < -0.3 is 26.0 Å². The maximum absolute atomic E-state index is 15.1. The van der Waals surface area contributed by atoms with Gasteiger partial charge in [-0.05, 0) is 44.2 Å². The fraction of sp³-hybridized carbons (Fsp3) is 0.474. The predicted octanol–water partition coefficient (Wildman–Crippen LogP) is 1.93. The topological polar surface area (TPSA) is 115 Å². The third-order valence-corrected chi connectivity index (χ3v) is 5.65. The van der Waals surface area contributed by atoms with Gasteiger partial charge in [0.1, 0.15) is 5.56 Å². The Hall–Kier alpha value is -2.61. The van der Waals surface area contributed by atoms with E-state index in [1.807, 2.05) is 4.90 Å². The van der Waals surface area contributed by atoms with Gasteiger partial charge in [0.25, 0.3) is 0 Å². The van der Waals surface area contributed by atoms with Crippen LogP contribution in [0.5, 0.6) is 0 Å². The average Bonchev–Trinajstić information content (AvgIpc) is 3.37. The maximum atomic E-state index is 15.1. The van der Waals surface area contributed by atoms with Crippen LogP contribution < -0.4 is 21.8 Å². The van der Waals surface area contributed by atoms with Gasteiger partial charge in [0.2, 0.25) is 5.43 Å². The Morgan fingerprint density at radius 1 is 1.33 bits per heavy atom. The van der Waals surface area contributed by atoms with Crippen LogP contribution in [-0.2, 0) is 0 Å². The molecule has 5 N–H and O–H groups in total. The largest absolute Gasteiger partial charge is 0.477 e. The fourth-order valence-electron chi connectivity index (χ4n) is 4.05. The first-order chi connectivity index (χ1) is 12.9. The second kappa shape index (κ2) is 6.53. The Bertz CT molecular complexity index is 983. The fourth-order valence-corrected chi connectivity index (χ4v) is 4.05. The Morgan fingerprint density at radius 2 is 2.07 bits per heavy atom. The van der Waals surface area contributed by atoms with Crippen molar-refractivity contribution in [1.82, 2.24) is 4.57 Å². The number of carboxylic acid groups (broad SMARTS) is 1. The molecule has 4 rings (SSSR count). The molecule has 1 saturated carbocycles. The van der Waals surface area contributed by atoms with Crippen molar-refractivity contribution in [3.8, 4) is 0 Å². The van der Waals surface area contributed by atoms with Crippen LogP contribution in [0, 0.1) is 11.7 Å². The molecule has 0 bridgehead atoms. The van der Waals surface area contributed by atoms with E-state index < -0.39 is 17.2 Å². The molecule has 144 valence electrons. The summed E-state index contributed by atoms with van der Waals surface area (Å²) < 4.78 is 16.8. The van der Waals surface area contributed by atoms with Crippen molar-refractivity contribution in [2.24, 2.45) is 11.7 Å². The first kappa shape index (κ1) is 17.8. The number of nitrogens with zero attached hydrogens (tertiary/aromatic N) is 2. The molecule has 0 radical (unpaired) electrons. The van der Waals surface area contributed by atoms with Crippen molar-refractivity contribution in [2.45, 2.75) is 31.7 Å². The molecular formula is C19H23FN4O3. The number of aromatic nitrogens is 1. The molecule has 2 aromatic rings. The lowest BCUT2D eigenvalue weighted by atomic mass is 10.1. The van der Waals surface area contributed by atoms with Gasteiger partial charge in [-0.25, -0.2) is 9.18 Å². The number of benzene rings is 1. The molecule has 0 amide bonds. The first-order valence-corrected chi connectivity index (χ1v) is 9.27. The number of carboxylic acids is 1. The molecule has 1 aliphatic carbocycles. The van der Waals surface area contributed by atoms with E-state index >= 15 is 4.39 Å². The highest BCUT2D eigenvalue weighted by molar-refractivity contribution is 5.99. The Balaban J connectivity index is 1.90. The van der Waals surface area contributed by atoms with Crippen molar-refractivity contribution < 1.29 is 14.3 Å². The van der Waals surface area contributed by atoms with Crippen LogP contribution in [0.2, 0.25) is 0 Å². The van der Waals surface area contributed by atoms with E-state index in [1.165, 1.54) is 6.20 Å². The molecule has 7 nitrogen and oxygen atoms in total. The molecule has 1 aromatic heterocycles. The predicted molar refractivity (Wildman–Crippen MR) is 102 cm³/mol. The summed E-state index contributed by atoms with van der Waals surface area (Å²) in [5.74, 6) is -1.58. The summed E-state index contributed by atoms with van der Waals surface area (Å²) in [6.07, 6.45) is 4.97. The van der Waals surface area contributed by atoms with Gasteiger partial charge in [-0.15, -0.1) is 0 Å². The maximum Gasteiger partial charge on any atom is 0.341 e. The monoisotopic (exact) mass is 374 g/mol. The van der Waals surface area contributed by atoms with Crippen molar-refractivity contribution in [2.75, 3.05) is 30.3 Å². The zero-order chi connectivity index (χ0) is 19.3. The van der Waals surface area contributed by atoms with Crippen LogP contribution >= 0.6 is 0 Å². The van der Waals surface area contributed by atoms with E-state index in [0.717, 1.165) is 25.7 Å². The highest BCUT2D eigenvalue weighted by Crippen LogP contribution is 2.40. The lowest BCUT2D eigenvalue weighted by molar-refractivity contribution is 0.0695. The smallest absolute Gasteiger partial charge is 0.341 e. The number of nitrogen functional groups attached to an aromatic ring is 1. The van der Waals surface area contributed by atoms with Gasteiger partial charge in [0, 0.05) is 25.3 Å². The number of hydrogen-bond acceptors (Lipinski definition) is 5. The standard InChI is InChI=1S/C19H23FN4O3/c20-16-14(23-6-4-10(8-23)3-5-21)7-13-15(17(16)22)18(25)12(19(26)27)9-24(13)11-1-2-11/h7,9-11H,1-6,8,21-22H2,(H,26,27)/t10-/m1/s1. The molecule has 2 heterocycles. The van der Waals surface area contributed by atoms with Gasteiger partial charge in [-0.3, -0.25) is 4.79 Å².